The summed E-state index contributed by atoms with van der Waals surface area (Å²) in [5.74, 6) is 0.798. The van der Waals surface area contributed by atoms with Gasteiger partial charge in [-0.1, -0.05) is 11.6 Å². The molecule has 1 N–H and O–H groups in total. The van der Waals surface area contributed by atoms with Gasteiger partial charge in [-0.2, -0.15) is 0 Å². The smallest absolute Gasteiger partial charge is 0.126 e. The van der Waals surface area contributed by atoms with Crippen LogP contribution in [0.1, 0.15) is 5.69 Å². The number of methoxy groups -OCH3 is 1. The molecular formula is C8H11ClN2O. The topological polar surface area (TPSA) is 34.1 Å². The molecule has 0 unspecified atom stereocenters. The molecule has 0 aromatic carbocycles. The highest BCUT2D eigenvalue weighted by atomic mass is 35.5. The number of rotatable bonds is 3. The fourth-order valence-electron chi connectivity index (χ4n) is 0.862. The van der Waals surface area contributed by atoms with E-state index in [4.69, 9.17) is 16.3 Å². The summed E-state index contributed by atoms with van der Waals surface area (Å²) in [7, 11) is 3.43. The first-order chi connectivity index (χ1) is 5.77. The zero-order chi connectivity index (χ0) is 8.97. The minimum atomic E-state index is 0.439. The fraction of sp³-hybridized carbons (Fsp3) is 0.375. The molecule has 0 aliphatic heterocycles. The molecule has 0 fully saturated rings. The summed E-state index contributed by atoms with van der Waals surface area (Å²) in [5, 5.41) is 3.56. The summed E-state index contributed by atoms with van der Waals surface area (Å²) < 4.78 is 4.93. The van der Waals surface area contributed by atoms with Gasteiger partial charge in [0.05, 0.1) is 17.3 Å². The Morgan fingerprint density at radius 3 is 2.92 bits per heavy atom. The SMILES string of the molecule is CNc1ccc(Cl)c(COC)n1. The molecule has 0 saturated heterocycles. The van der Waals surface area contributed by atoms with E-state index < -0.39 is 0 Å². The zero-order valence-corrected chi connectivity index (χ0v) is 7.85. The Labute approximate surface area is 76.7 Å². The number of anilines is 1. The molecule has 12 heavy (non-hydrogen) atoms. The van der Waals surface area contributed by atoms with E-state index in [2.05, 4.69) is 10.3 Å². The second-order valence-corrected chi connectivity index (χ2v) is 2.72. The lowest BCUT2D eigenvalue weighted by Crippen LogP contribution is -1.98. The van der Waals surface area contributed by atoms with Gasteiger partial charge in [0.2, 0.25) is 0 Å². The fourth-order valence-corrected chi connectivity index (χ4v) is 1.02. The van der Waals surface area contributed by atoms with Gasteiger partial charge in [0, 0.05) is 14.2 Å². The molecule has 0 spiro atoms. The number of halogens is 1. The normalized spacial score (nSPS) is 9.92. The van der Waals surface area contributed by atoms with Gasteiger partial charge < -0.3 is 10.1 Å². The van der Waals surface area contributed by atoms with Crippen molar-refractivity contribution in [1.29, 1.82) is 0 Å². The summed E-state index contributed by atoms with van der Waals surface area (Å²) >= 11 is 5.86. The Kier molecular flexibility index (Phi) is 3.31. The molecule has 1 aromatic heterocycles. The van der Waals surface area contributed by atoms with Crippen LogP contribution in [0.3, 0.4) is 0 Å². The van der Waals surface area contributed by atoms with Gasteiger partial charge in [-0.25, -0.2) is 4.98 Å². The van der Waals surface area contributed by atoms with E-state index in [1.54, 1.807) is 13.2 Å². The van der Waals surface area contributed by atoms with E-state index >= 15 is 0 Å². The average Bonchev–Trinajstić information content (AvgIpc) is 2.09. The molecular weight excluding hydrogens is 176 g/mol. The van der Waals surface area contributed by atoms with Crippen LogP contribution < -0.4 is 5.32 Å². The zero-order valence-electron chi connectivity index (χ0n) is 7.10. The maximum Gasteiger partial charge on any atom is 0.126 e. The van der Waals surface area contributed by atoms with E-state index in [-0.39, 0.29) is 0 Å². The van der Waals surface area contributed by atoms with Gasteiger partial charge in [0.25, 0.3) is 0 Å². The third kappa shape index (κ3) is 2.09. The first-order valence-electron chi connectivity index (χ1n) is 3.60. The lowest BCUT2D eigenvalue weighted by Gasteiger charge is -2.04. The van der Waals surface area contributed by atoms with Gasteiger partial charge in [-0.3, -0.25) is 0 Å². The van der Waals surface area contributed by atoms with Crippen molar-refractivity contribution in [1.82, 2.24) is 4.98 Å². The third-order valence-electron chi connectivity index (χ3n) is 1.46. The number of pyridine rings is 1. The predicted octanol–water partition coefficient (Wildman–Crippen LogP) is 1.92. The van der Waals surface area contributed by atoms with Crippen molar-refractivity contribution in [3.63, 3.8) is 0 Å². The highest BCUT2D eigenvalue weighted by molar-refractivity contribution is 6.31. The first-order valence-corrected chi connectivity index (χ1v) is 3.98. The van der Waals surface area contributed by atoms with Crippen LogP contribution in [-0.4, -0.2) is 19.1 Å². The van der Waals surface area contributed by atoms with Gasteiger partial charge in [0.1, 0.15) is 5.82 Å². The van der Waals surface area contributed by atoms with Crippen LogP contribution in [0.4, 0.5) is 5.82 Å². The summed E-state index contributed by atoms with van der Waals surface area (Å²) in [4.78, 5) is 4.21. The molecule has 0 amide bonds. The largest absolute Gasteiger partial charge is 0.378 e. The van der Waals surface area contributed by atoms with Crippen LogP contribution in [0.15, 0.2) is 12.1 Å². The Bertz CT molecular complexity index is 265. The number of hydrogen-bond acceptors (Lipinski definition) is 3. The maximum atomic E-state index is 5.86. The summed E-state index contributed by atoms with van der Waals surface area (Å²) in [6, 6.07) is 3.62. The van der Waals surface area contributed by atoms with Gasteiger partial charge >= 0.3 is 0 Å². The molecule has 0 aliphatic carbocycles. The molecule has 3 nitrogen and oxygen atoms in total. The average molecular weight is 187 g/mol. The Morgan fingerprint density at radius 1 is 1.58 bits per heavy atom. The molecule has 0 aliphatic rings. The van der Waals surface area contributed by atoms with Crippen LogP contribution >= 0.6 is 11.6 Å². The van der Waals surface area contributed by atoms with Crippen molar-refractivity contribution < 1.29 is 4.74 Å². The Balaban J connectivity index is 2.91. The van der Waals surface area contributed by atoms with E-state index in [1.165, 1.54) is 0 Å². The minimum Gasteiger partial charge on any atom is -0.378 e. The molecule has 1 rings (SSSR count). The van der Waals surface area contributed by atoms with Crippen molar-refractivity contribution >= 4 is 17.4 Å². The number of nitrogens with zero attached hydrogens (tertiary/aromatic N) is 1. The van der Waals surface area contributed by atoms with Gasteiger partial charge in [-0.15, -0.1) is 0 Å². The Hall–Kier alpha value is -0.800. The summed E-state index contributed by atoms with van der Waals surface area (Å²) in [5.41, 5.74) is 0.756. The van der Waals surface area contributed by atoms with Crippen LogP contribution in [0.25, 0.3) is 0 Å². The van der Waals surface area contributed by atoms with Crippen molar-refractivity contribution in [2.24, 2.45) is 0 Å². The molecule has 4 heteroatoms. The van der Waals surface area contributed by atoms with Crippen molar-refractivity contribution in [3.8, 4) is 0 Å². The molecule has 0 bridgehead atoms. The van der Waals surface area contributed by atoms with Crippen LogP contribution in [0, 0.1) is 0 Å². The van der Waals surface area contributed by atoms with Gasteiger partial charge in [0.15, 0.2) is 0 Å². The van der Waals surface area contributed by atoms with Gasteiger partial charge in [-0.05, 0) is 12.1 Å². The predicted molar refractivity (Wildman–Crippen MR) is 49.5 cm³/mol. The maximum absolute atomic E-state index is 5.86. The summed E-state index contributed by atoms with van der Waals surface area (Å²) in [6.45, 7) is 0.439. The number of aromatic nitrogens is 1. The lowest BCUT2D eigenvalue weighted by molar-refractivity contribution is 0.181. The molecule has 1 heterocycles. The molecule has 66 valence electrons. The molecule has 0 saturated carbocycles. The van der Waals surface area contributed by atoms with Crippen LogP contribution in [-0.2, 0) is 11.3 Å². The highest BCUT2D eigenvalue weighted by Gasteiger charge is 2.01. The van der Waals surface area contributed by atoms with E-state index in [1.807, 2.05) is 13.1 Å². The van der Waals surface area contributed by atoms with E-state index in [0.717, 1.165) is 11.5 Å². The van der Waals surface area contributed by atoms with Crippen molar-refractivity contribution in [2.75, 3.05) is 19.5 Å². The van der Waals surface area contributed by atoms with Crippen molar-refractivity contribution in [3.05, 3.63) is 22.8 Å². The lowest BCUT2D eigenvalue weighted by atomic mass is 10.3. The second-order valence-electron chi connectivity index (χ2n) is 2.31. The molecule has 0 radical (unpaired) electrons. The highest BCUT2D eigenvalue weighted by Crippen LogP contribution is 2.16. The van der Waals surface area contributed by atoms with E-state index in [9.17, 15) is 0 Å². The Morgan fingerprint density at radius 2 is 2.33 bits per heavy atom. The second kappa shape index (κ2) is 4.28. The number of hydrogen-bond donors (Lipinski definition) is 1. The monoisotopic (exact) mass is 186 g/mol. The van der Waals surface area contributed by atoms with Crippen LogP contribution in [0.5, 0.6) is 0 Å². The van der Waals surface area contributed by atoms with E-state index in [0.29, 0.717) is 11.6 Å². The summed E-state index contributed by atoms with van der Waals surface area (Å²) in [6.07, 6.45) is 0. The quantitative estimate of drug-likeness (QED) is 0.783. The number of nitrogens with one attached hydrogen (secondary N) is 1. The molecule has 0 atom stereocenters. The minimum absolute atomic E-state index is 0.439. The standard InChI is InChI=1S/C8H11ClN2O/c1-10-8-4-3-6(9)7(11-8)5-12-2/h3-4H,5H2,1-2H3,(H,10,11). The third-order valence-corrected chi connectivity index (χ3v) is 1.80. The first kappa shape index (κ1) is 9.29. The van der Waals surface area contributed by atoms with Crippen LogP contribution in [0.2, 0.25) is 5.02 Å². The molecule has 1 aromatic rings. The number of ether oxygens (including phenoxy) is 1. The van der Waals surface area contributed by atoms with Crippen molar-refractivity contribution in [2.45, 2.75) is 6.61 Å².